The van der Waals surface area contributed by atoms with Gasteiger partial charge in [0.15, 0.2) is 25.6 Å². The highest BCUT2D eigenvalue weighted by Crippen LogP contribution is 2.29. The zero-order valence-corrected chi connectivity index (χ0v) is 16.1. The molecule has 0 atom stereocenters. The highest BCUT2D eigenvalue weighted by atomic mass is 35.5. The van der Waals surface area contributed by atoms with Crippen LogP contribution in [0.5, 0.6) is 11.5 Å². The summed E-state index contributed by atoms with van der Waals surface area (Å²) in [6, 6.07) is 8.08. The van der Waals surface area contributed by atoms with Gasteiger partial charge in [0.05, 0.1) is 5.69 Å². The molecule has 0 saturated heterocycles. The first-order valence-corrected chi connectivity index (χ1v) is 8.86. The van der Waals surface area contributed by atoms with E-state index in [2.05, 4.69) is 5.32 Å². The van der Waals surface area contributed by atoms with Crippen molar-refractivity contribution in [3.63, 3.8) is 0 Å². The molecule has 1 N–H and O–H groups in total. The summed E-state index contributed by atoms with van der Waals surface area (Å²) in [6.07, 6.45) is 0. The lowest BCUT2D eigenvalue weighted by Gasteiger charge is -2.18. The van der Waals surface area contributed by atoms with Crippen molar-refractivity contribution in [1.29, 1.82) is 0 Å². The molecule has 28 heavy (non-hydrogen) atoms. The van der Waals surface area contributed by atoms with Gasteiger partial charge in [0.1, 0.15) is 11.5 Å². The number of carbonyl (C=O) groups excluding carboxylic acids is 3. The maximum atomic E-state index is 12.3. The van der Waals surface area contributed by atoms with E-state index in [1.54, 1.807) is 24.3 Å². The van der Waals surface area contributed by atoms with Crippen molar-refractivity contribution in [2.24, 2.45) is 0 Å². The third-order valence-corrected chi connectivity index (χ3v) is 4.28. The van der Waals surface area contributed by atoms with Crippen LogP contribution in [0.15, 0.2) is 30.3 Å². The molecular weight excluding hydrogens is 386 g/mol. The Kier molecular flexibility index (Phi) is 5.84. The molecule has 146 valence electrons. The summed E-state index contributed by atoms with van der Waals surface area (Å²) in [5.74, 6) is -0.340. The molecule has 8 heteroatoms. The molecule has 2 aromatic carbocycles. The summed E-state index contributed by atoms with van der Waals surface area (Å²) in [4.78, 5) is 35.5. The topological polar surface area (TPSA) is 90.9 Å². The fraction of sp³-hybridized carbons (Fsp3) is 0.250. The molecule has 0 unspecified atom stereocenters. The van der Waals surface area contributed by atoms with Gasteiger partial charge in [-0.15, -0.1) is 0 Å². The lowest BCUT2D eigenvalue weighted by atomic mass is 10.1. The van der Waals surface area contributed by atoms with E-state index in [0.29, 0.717) is 27.8 Å². The highest BCUT2D eigenvalue weighted by molar-refractivity contribution is 6.30. The monoisotopic (exact) mass is 403 g/mol. The van der Waals surface area contributed by atoms with Crippen molar-refractivity contribution in [3.8, 4) is 11.5 Å². The minimum absolute atomic E-state index is 0.0650. The molecule has 1 amide bonds. The predicted molar refractivity (Wildman–Crippen MR) is 102 cm³/mol. The summed E-state index contributed by atoms with van der Waals surface area (Å²) >= 11 is 5.96. The number of nitrogens with one attached hydrogen (secondary N) is 1. The maximum absolute atomic E-state index is 12.3. The molecule has 0 bridgehead atoms. The molecule has 0 aliphatic carbocycles. The second kappa shape index (κ2) is 8.31. The first kappa shape index (κ1) is 19.7. The van der Waals surface area contributed by atoms with Crippen molar-refractivity contribution in [1.82, 2.24) is 0 Å². The van der Waals surface area contributed by atoms with E-state index in [-0.39, 0.29) is 19.1 Å². The van der Waals surface area contributed by atoms with Crippen LogP contribution in [0, 0.1) is 13.8 Å². The zero-order chi connectivity index (χ0) is 20.3. The van der Waals surface area contributed by atoms with Crippen LogP contribution in [0.3, 0.4) is 0 Å². The summed E-state index contributed by atoms with van der Waals surface area (Å²) in [7, 11) is 0. The molecule has 0 saturated carbocycles. The van der Waals surface area contributed by atoms with E-state index in [1.807, 2.05) is 13.8 Å². The zero-order valence-electron chi connectivity index (χ0n) is 15.3. The number of halogens is 1. The number of hydrogen-bond donors (Lipinski definition) is 1. The Morgan fingerprint density at radius 2 is 1.86 bits per heavy atom. The van der Waals surface area contributed by atoms with Crippen molar-refractivity contribution in [3.05, 3.63) is 52.0 Å². The fourth-order valence-electron chi connectivity index (χ4n) is 2.78. The summed E-state index contributed by atoms with van der Waals surface area (Å²) in [5.41, 5.74) is 2.30. The van der Waals surface area contributed by atoms with Gasteiger partial charge in [-0.2, -0.15) is 0 Å². The molecule has 0 fully saturated rings. The van der Waals surface area contributed by atoms with Gasteiger partial charge in [0.2, 0.25) is 0 Å². The van der Waals surface area contributed by atoms with Gasteiger partial charge >= 0.3 is 5.97 Å². The molecule has 0 spiro atoms. The van der Waals surface area contributed by atoms with Gasteiger partial charge in [0, 0.05) is 10.6 Å². The number of anilines is 1. The van der Waals surface area contributed by atoms with Crippen LogP contribution in [0.4, 0.5) is 5.69 Å². The molecule has 0 radical (unpaired) electrons. The summed E-state index contributed by atoms with van der Waals surface area (Å²) in [5, 5.41) is 3.20. The number of esters is 1. The van der Waals surface area contributed by atoms with Gasteiger partial charge in [0.25, 0.3) is 5.91 Å². The maximum Gasteiger partial charge on any atom is 0.344 e. The largest absolute Gasteiger partial charge is 0.482 e. The van der Waals surface area contributed by atoms with E-state index >= 15 is 0 Å². The van der Waals surface area contributed by atoms with E-state index < -0.39 is 18.4 Å². The lowest BCUT2D eigenvalue weighted by Crippen LogP contribution is -2.25. The van der Waals surface area contributed by atoms with Crippen LogP contribution in [-0.4, -0.2) is 37.5 Å². The second-order valence-corrected chi connectivity index (χ2v) is 6.73. The predicted octanol–water partition coefficient (Wildman–Crippen LogP) is 3.09. The quantitative estimate of drug-likeness (QED) is 0.588. The number of aryl methyl sites for hydroxylation is 2. The average molecular weight is 404 g/mol. The van der Waals surface area contributed by atoms with E-state index in [4.69, 9.17) is 25.8 Å². The van der Waals surface area contributed by atoms with Crippen LogP contribution in [0.2, 0.25) is 5.02 Å². The van der Waals surface area contributed by atoms with Crippen molar-refractivity contribution < 1.29 is 28.6 Å². The third kappa shape index (κ3) is 4.61. The Hall–Kier alpha value is -3.06. The summed E-state index contributed by atoms with van der Waals surface area (Å²) < 4.78 is 15.7. The Labute approximate surface area is 166 Å². The van der Waals surface area contributed by atoms with Crippen LogP contribution >= 0.6 is 11.6 Å². The molecule has 1 aliphatic heterocycles. The number of rotatable bonds is 6. The van der Waals surface area contributed by atoms with Gasteiger partial charge in [-0.1, -0.05) is 11.6 Å². The number of benzene rings is 2. The van der Waals surface area contributed by atoms with Gasteiger partial charge < -0.3 is 19.5 Å². The van der Waals surface area contributed by atoms with Crippen LogP contribution in [0.25, 0.3) is 0 Å². The number of Topliss-reactive ketones (excluding diaryl/α,β-unsaturated/α-hetero) is 1. The number of carbonyl (C=O) groups is 3. The Morgan fingerprint density at radius 1 is 1.14 bits per heavy atom. The Bertz CT molecular complexity index is 933. The molecule has 3 rings (SSSR count). The minimum atomic E-state index is -0.670. The number of ketones is 1. The normalized spacial score (nSPS) is 12.5. The minimum Gasteiger partial charge on any atom is -0.482 e. The molecule has 2 aromatic rings. The Morgan fingerprint density at radius 3 is 2.57 bits per heavy atom. The average Bonchev–Trinajstić information content (AvgIpc) is 2.64. The number of hydrogen-bond acceptors (Lipinski definition) is 6. The number of amides is 1. The molecule has 7 nitrogen and oxygen atoms in total. The van der Waals surface area contributed by atoms with Crippen molar-refractivity contribution in [2.45, 2.75) is 13.8 Å². The third-order valence-electron chi connectivity index (χ3n) is 4.06. The first-order chi connectivity index (χ1) is 13.3. The fourth-order valence-corrected chi connectivity index (χ4v) is 3.11. The van der Waals surface area contributed by atoms with Crippen molar-refractivity contribution in [2.75, 3.05) is 25.1 Å². The van der Waals surface area contributed by atoms with Gasteiger partial charge in [-0.3, -0.25) is 9.59 Å². The van der Waals surface area contributed by atoms with Gasteiger partial charge in [-0.05, 0) is 55.3 Å². The van der Waals surface area contributed by atoms with E-state index in [0.717, 1.165) is 11.1 Å². The number of ether oxygens (including phenoxy) is 3. The van der Waals surface area contributed by atoms with E-state index in [1.165, 1.54) is 6.07 Å². The molecular formula is C20H18ClNO6. The molecule has 0 aromatic heterocycles. The Balaban J connectivity index is 1.54. The van der Waals surface area contributed by atoms with Crippen molar-refractivity contribution >= 4 is 34.9 Å². The molecule has 1 aliphatic rings. The van der Waals surface area contributed by atoms with Crippen LogP contribution in [-0.2, 0) is 14.3 Å². The van der Waals surface area contributed by atoms with Crippen LogP contribution < -0.4 is 14.8 Å². The van der Waals surface area contributed by atoms with Crippen LogP contribution in [0.1, 0.15) is 21.5 Å². The smallest absolute Gasteiger partial charge is 0.344 e. The molecule has 1 heterocycles. The lowest BCUT2D eigenvalue weighted by molar-refractivity contribution is -0.144. The second-order valence-electron chi connectivity index (χ2n) is 6.29. The number of fused-ring (bicyclic) bond motifs is 1. The SMILES string of the molecule is Cc1cc(Cl)cc(C)c1OCC(=O)OCC(=O)c1ccc2c(c1)NC(=O)CO2. The first-order valence-electron chi connectivity index (χ1n) is 8.48. The van der Waals surface area contributed by atoms with E-state index in [9.17, 15) is 14.4 Å². The highest BCUT2D eigenvalue weighted by Gasteiger charge is 2.19. The summed E-state index contributed by atoms with van der Waals surface area (Å²) in [6.45, 7) is 2.81. The standard InChI is InChI=1S/C20H18ClNO6/c1-11-5-14(21)6-12(2)20(11)28-10-19(25)27-8-16(23)13-3-4-17-15(7-13)22-18(24)9-26-17/h3-7H,8-10H2,1-2H3,(H,22,24). The van der Waals surface area contributed by atoms with Gasteiger partial charge in [-0.25, -0.2) is 4.79 Å².